The second-order valence-electron chi connectivity index (χ2n) is 4.01. The van der Waals surface area contributed by atoms with Crippen molar-refractivity contribution in [3.05, 3.63) is 29.3 Å². The monoisotopic (exact) mass is 259 g/mol. The van der Waals surface area contributed by atoms with E-state index in [-0.39, 0.29) is 4.90 Å². The number of hydrogen-bond acceptors (Lipinski definition) is 4. The molecule has 0 unspecified atom stereocenters. The van der Waals surface area contributed by atoms with Crippen LogP contribution in [-0.2, 0) is 10.0 Å². The molecule has 0 atom stereocenters. The highest BCUT2D eigenvalue weighted by molar-refractivity contribution is 7.89. The first-order chi connectivity index (χ1) is 7.89. The molecule has 17 heavy (non-hydrogen) atoms. The van der Waals surface area contributed by atoms with Crippen molar-refractivity contribution in [2.75, 3.05) is 13.2 Å². The molecule has 0 saturated carbocycles. The maximum atomic E-state index is 11.9. The van der Waals surface area contributed by atoms with E-state index in [0.29, 0.717) is 0 Å². The molecule has 0 spiro atoms. The number of rotatable bonds is 5. The third kappa shape index (κ3) is 3.78. The van der Waals surface area contributed by atoms with Crippen LogP contribution < -0.4 is 4.72 Å². The molecule has 0 aliphatic rings. The van der Waals surface area contributed by atoms with Gasteiger partial charge >= 0.3 is 0 Å². The van der Waals surface area contributed by atoms with Crippen LogP contribution >= 0.6 is 0 Å². The molecule has 6 heteroatoms. The zero-order chi connectivity index (χ0) is 13.1. The molecular weight excluding hydrogens is 242 g/mol. The van der Waals surface area contributed by atoms with Gasteiger partial charge in [-0.15, -0.1) is 0 Å². The first-order valence-corrected chi connectivity index (χ1v) is 6.69. The lowest BCUT2D eigenvalue weighted by Gasteiger charge is -2.14. The number of benzene rings is 1. The van der Waals surface area contributed by atoms with Crippen molar-refractivity contribution in [3.63, 3.8) is 0 Å². The lowest BCUT2D eigenvalue weighted by atomic mass is 10.2. The van der Waals surface area contributed by atoms with Gasteiger partial charge in [-0.1, -0.05) is 6.07 Å². The van der Waals surface area contributed by atoms with E-state index in [9.17, 15) is 8.42 Å². The van der Waals surface area contributed by atoms with Gasteiger partial charge in [-0.05, 0) is 37.1 Å². The molecule has 0 radical (unpaired) electrons. The Morgan fingerprint density at radius 3 is 2.00 bits per heavy atom. The van der Waals surface area contributed by atoms with Crippen molar-refractivity contribution in [1.29, 1.82) is 0 Å². The van der Waals surface area contributed by atoms with Crippen LogP contribution in [0.1, 0.15) is 11.1 Å². The van der Waals surface area contributed by atoms with E-state index < -0.39 is 29.3 Å². The predicted octanol–water partition coefficient (Wildman–Crippen LogP) is -0.0651. The van der Waals surface area contributed by atoms with Crippen molar-refractivity contribution >= 4 is 10.0 Å². The van der Waals surface area contributed by atoms with Gasteiger partial charge in [0.25, 0.3) is 0 Å². The molecule has 0 aliphatic heterocycles. The van der Waals surface area contributed by atoms with E-state index >= 15 is 0 Å². The summed E-state index contributed by atoms with van der Waals surface area (Å²) in [5.41, 5.74) is 1.69. The average molecular weight is 259 g/mol. The summed E-state index contributed by atoms with van der Waals surface area (Å²) in [5.74, 6) is 0. The van der Waals surface area contributed by atoms with Crippen LogP contribution in [0.5, 0.6) is 0 Å². The van der Waals surface area contributed by atoms with E-state index in [1.165, 1.54) is 0 Å². The van der Waals surface area contributed by atoms with E-state index in [0.717, 1.165) is 11.1 Å². The standard InChI is InChI=1S/C11H17NO4S/c1-8-3-9(2)5-11(4-8)17(15,16)12-10(6-13)7-14/h3-5,10,12-14H,6-7H2,1-2H3. The Hall–Kier alpha value is -0.950. The number of aliphatic hydroxyl groups is 2. The molecule has 0 aliphatic carbocycles. The molecule has 0 amide bonds. The third-order valence-corrected chi connectivity index (χ3v) is 3.77. The van der Waals surface area contributed by atoms with Crippen LogP contribution in [0.3, 0.4) is 0 Å². The smallest absolute Gasteiger partial charge is 0.240 e. The van der Waals surface area contributed by atoms with Gasteiger partial charge in [0.15, 0.2) is 0 Å². The topological polar surface area (TPSA) is 86.6 Å². The summed E-state index contributed by atoms with van der Waals surface area (Å²) in [5, 5.41) is 17.7. The molecule has 0 saturated heterocycles. The van der Waals surface area contributed by atoms with Gasteiger partial charge in [0.1, 0.15) is 0 Å². The summed E-state index contributed by atoms with van der Waals surface area (Å²) in [4.78, 5) is 0.141. The molecule has 3 N–H and O–H groups in total. The molecule has 0 fully saturated rings. The van der Waals surface area contributed by atoms with Crippen molar-refractivity contribution in [2.24, 2.45) is 0 Å². The zero-order valence-corrected chi connectivity index (χ0v) is 10.7. The summed E-state index contributed by atoms with van der Waals surface area (Å²) in [6.07, 6.45) is 0. The van der Waals surface area contributed by atoms with Crippen LogP contribution in [0, 0.1) is 13.8 Å². The van der Waals surface area contributed by atoms with E-state index in [4.69, 9.17) is 10.2 Å². The van der Waals surface area contributed by atoms with Crippen LogP contribution in [0.25, 0.3) is 0 Å². The van der Waals surface area contributed by atoms with Crippen LogP contribution in [0.4, 0.5) is 0 Å². The number of nitrogens with one attached hydrogen (secondary N) is 1. The summed E-state index contributed by atoms with van der Waals surface area (Å²) >= 11 is 0. The maximum Gasteiger partial charge on any atom is 0.240 e. The summed E-state index contributed by atoms with van der Waals surface area (Å²) < 4.78 is 26.1. The van der Waals surface area contributed by atoms with Crippen molar-refractivity contribution < 1.29 is 18.6 Å². The highest BCUT2D eigenvalue weighted by atomic mass is 32.2. The minimum atomic E-state index is -3.70. The average Bonchev–Trinajstić information content (AvgIpc) is 2.24. The summed E-state index contributed by atoms with van der Waals surface area (Å²) in [6.45, 7) is 2.73. The van der Waals surface area contributed by atoms with Gasteiger partial charge in [-0.25, -0.2) is 13.1 Å². The summed E-state index contributed by atoms with van der Waals surface area (Å²) in [7, 11) is -3.70. The molecular formula is C11H17NO4S. The lowest BCUT2D eigenvalue weighted by Crippen LogP contribution is -2.40. The van der Waals surface area contributed by atoms with Gasteiger partial charge in [0.05, 0.1) is 24.2 Å². The first-order valence-electron chi connectivity index (χ1n) is 5.21. The minimum absolute atomic E-state index is 0.141. The fourth-order valence-electron chi connectivity index (χ4n) is 1.51. The Morgan fingerprint density at radius 1 is 1.12 bits per heavy atom. The second kappa shape index (κ2) is 5.59. The van der Waals surface area contributed by atoms with Gasteiger partial charge in [-0.2, -0.15) is 0 Å². The molecule has 0 bridgehead atoms. The SMILES string of the molecule is Cc1cc(C)cc(S(=O)(=O)NC(CO)CO)c1. The van der Waals surface area contributed by atoms with Gasteiger partial charge in [-0.3, -0.25) is 0 Å². The predicted molar refractivity (Wildman–Crippen MR) is 64.2 cm³/mol. The van der Waals surface area contributed by atoms with Gasteiger partial charge in [0, 0.05) is 0 Å². The molecule has 1 aromatic rings. The third-order valence-electron chi connectivity index (χ3n) is 2.27. The second-order valence-corrected chi connectivity index (χ2v) is 5.72. The zero-order valence-electron chi connectivity index (χ0n) is 9.84. The van der Waals surface area contributed by atoms with Crippen LogP contribution in [0.2, 0.25) is 0 Å². The fourth-order valence-corrected chi connectivity index (χ4v) is 2.91. The minimum Gasteiger partial charge on any atom is -0.395 e. The maximum absolute atomic E-state index is 11.9. The molecule has 96 valence electrons. The fraction of sp³-hybridized carbons (Fsp3) is 0.455. The number of hydrogen-bond donors (Lipinski definition) is 3. The Bertz CT molecular complexity index is 460. The van der Waals surface area contributed by atoms with Crippen LogP contribution in [0.15, 0.2) is 23.1 Å². The largest absolute Gasteiger partial charge is 0.395 e. The first kappa shape index (κ1) is 14.1. The molecule has 0 heterocycles. The quantitative estimate of drug-likeness (QED) is 0.691. The Labute approximate surface area is 101 Å². The van der Waals surface area contributed by atoms with Gasteiger partial charge in [0.2, 0.25) is 10.0 Å². The lowest BCUT2D eigenvalue weighted by molar-refractivity contribution is 0.185. The van der Waals surface area contributed by atoms with Crippen molar-refractivity contribution in [1.82, 2.24) is 4.72 Å². The van der Waals surface area contributed by atoms with E-state index in [1.54, 1.807) is 12.1 Å². The number of aryl methyl sites for hydroxylation is 2. The highest BCUT2D eigenvalue weighted by Gasteiger charge is 2.19. The van der Waals surface area contributed by atoms with Crippen LogP contribution in [-0.4, -0.2) is 37.9 Å². The summed E-state index contributed by atoms with van der Waals surface area (Å²) in [6, 6.07) is 4.08. The Kier molecular flexibility index (Phi) is 4.64. The normalized spacial score (nSPS) is 12.1. The molecule has 1 rings (SSSR count). The molecule has 0 aromatic heterocycles. The number of sulfonamides is 1. The number of aliphatic hydroxyl groups excluding tert-OH is 2. The van der Waals surface area contributed by atoms with Gasteiger partial charge < -0.3 is 10.2 Å². The van der Waals surface area contributed by atoms with E-state index in [1.807, 2.05) is 19.9 Å². The van der Waals surface area contributed by atoms with Crippen molar-refractivity contribution in [2.45, 2.75) is 24.8 Å². The van der Waals surface area contributed by atoms with E-state index in [2.05, 4.69) is 4.72 Å². The molecule has 5 nitrogen and oxygen atoms in total. The Balaban J connectivity index is 3.04. The molecule has 1 aromatic carbocycles. The van der Waals surface area contributed by atoms with Crippen molar-refractivity contribution in [3.8, 4) is 0 Å². The highest BCUT2D eigenvalue weighted by Crippen LogP contribution is 2.14. The Morgan fingerprint density at radius 2 is 1.59 bits per heavy atom.